The summed E-state index contributed by atoms with van der Waals surface area (Å²) in [5.74, 6) is 1.02. The Morgan fingerprint density at radius 3 is 2.80 bits per heavy atom. The molecule has 1 heterocycles. The standard InChI is InChI=1S/C18H15Cl2N3OS/c1-23-8-7-17(22-23)21-18(24)13-4-2-3-12(9-13)11-25-16-10-14(19)5-6-15(16)20/h2-10H,11H2,1H3,(H,21,22,24). The van der Waals surface area contributed by atoms with E-state index in [2.05, 4.69) is 10.4 Å². The van der Waals surface area contributed by atoms with Gasteiger partial charge in [0.15, 0.2) is 5.82 Å². The van der Waals surface area contributed by atoms with Crippen molar-refractivity contribution in [1.82, 2.24) is 9.78 Å². The first kappa shape index (κ1) is 17.9. The van der Waals surface area contributed by atoms with Crippen molar-refractivity contribution in [3.05, 3.63) is 75.9 Å². The number of anilines is 1. The lowest BCUT2D eigenvalue weighted by molar-refractivity contribution is 0.102. The zero-order valence-electron chi connectivity index (χ0n) is 13.4. The number of carbonyl (C=O) groups excluding carboxylic acids is 1. The minimum Gasteiger partial charge on any atom is -0.305 e. The minimum absolute atomic E-state index is 0.189. The number of thioether (sulfide) groups is 1. The Hall–Kier alpha value is -1.95. The number of nitrogens with zero attached hydrogens (tertiary/aromatic N) is 2. The average molecular weight is 392 g/mol. The van der Waals surface area contributed by atoms with E-state index in [1.165, 1.54) is 0 Å². The molecule has 0 aliphatic carbocycles. The van der Waals surface area contributed by atoms with Gasteiger partial charge in [-0.25, -0.2) is 0 Å². The lowest BCUT2D eigenvalue weighted by Crippen LogP contribution is -2.12. The number of carbonyl (C=O) groups is 1. The SMILES string of the molecule is Cn1ccc(NC(=O)c2cccc(CSc3cc(Cl)ccc3Cl)c2)n1. The monoisotopic (exact) mass is 391 g/mol. The zero-order valence-corrected chi connectivity index (χ0v) is 15.7. The van der Waals surface area contributed by atoms with Crippen LogP contribution in [0.25, 0.3) is 0 Å². The normalized spacial score (nSPS) is 10.7. The van der Waals surface area contributed by atoms with Crippen LogP contribution in [0.5, 0.6) is 0 Å². The van der Waals surface area contributed by atoms with Crippen LogP contribution in [0, 0.1) is 0 Å². The predicted molar refractivity (Wildman–Crippen MR) is 104 cm³/mol. The van der Waals surface area contributed by atoms with Gasteiger partial charge in [-0.05, 0) is 35.9 Å². The molecule has 1 amide bonds. The number of hydrogen-bond acceptors (Lipinski definition) is 3. The van der Waals surface area contributed by atoms with Gasteiger partial charge in [-0.15, -0.1) is 11.8 Å². The highest BCUT2D eigenvalue weighted by atomic mass is 35.5. The van der Waals surface area contributed by atoms with E-state index in [9.17, 15) is 4.79 Å². The number of halogens is 2. The van der Waals surface area contributed by atoms with Gasteiger partial charge in [0, 0.05) is 40.5 Å². The van der Waals surface area contributed by atoms with Gasteiger partial charge in [-0.3, -0.25) is 9.48 Å². The number of aryl methyl sites for hydroxylation is 1. The summed E-state index contributed by atoms with van der Waals surface area (Å²) >= 11 is 13.8. The van der Waals surface area contributed by atoms with E-state index in [1.807, 2.05) is 24.3 Å². The Kier molecular flexibility index (Phi) is 5.68. The van der Waals surface area contributed by atoms with Crippen LogP contribution in [0.2, 0.25) is 10.0 Å². The Labute approximate surface area is 160 Å². The van der Waals surface area contributed by atoms with Crippen molar-refractivity contribution >= 4 is 46.7 Å². The lowest BCUT2D eigenvalue weighted by Gasteiger charge is -2.07. The number of amides is 1. The maximum absolute atomic E-state index is 12.3. The molecule has 0 spiro atoms. The molecule has 0 atom stereocenters. The smallest absolute Gasteiger partial charge is 0.256 e. The van der Waals surface area contributed by atoms with Gasteiger partial charge in [-0.2, -0.15) is 5.10 Å². The third-order valence-electron chi connectivity index (χ3n) is 3.43. The van der Waals surface area contributed by atoms with E-state index in [1.54, 1.807) is 54.0 Å². The molecule has 2 aromatic carbocycles. The van der Waals surface area contributed by atoms with Crippen LogP contribution < -0.4 is 5.32 Å². The van der Waals surface area contributed by atoms with Crippen molar-refractivity contribution in [2.45, 2.75) is 10.6 Å². The van der Waals surface area contributed by atoms with Crippen molar-refractivity contribution < 1.29 is 4.79 Å². The Balaban J connectivity index is 1.68. The minimum atomic E-state index is -0.189. The fourth-order valence-corrected chi connectivity index (χ4v) is 3.66. The van der Waals surface area contributed by atoms with Crippen LogP contribution in [0.4, 0.5) is 5.82 Å². The Bertz CT molecular complexity index is 911. The topological polar surface area (TPSA) is 46.9 Å². The summed E-state index contributed by atoms with van der Waals surface area (Å²) in [6.07, 6.45) is 1.78. The molecule has 0 fully saturated rings. The van der Waals surface area contributed by atoms with Crippen molar-refractivity contribution in [1.29, 1.82) is 0 Å². The third kappa shape index (κ3) is 4.78. The number of benzene rings is 2. The second-order valence-electron chi connectivity index (χ2n) is 5.39. The summed E-state index contributed by atoms with van der Waals surface area (Å²) in [5.41, 5.74) is 1.61. The summed E-state index contributed by atoms with van der Waals surface area (Å²) in [6.45, 7) is 0. The van der Waals surface area contributed by atoms with Crippen LogP contribution in [0.1, 0.15) is 15.9 Å². The summed E-state index contributed by atoms with van der Waals surface area (Å²) in [4.78, 5) is 13.3. The van der Waals surface area contributed by atoms with Gasteiger partial charge in [0.2, 0.25) is 0 Å². The van der Waals surface area contributed by atoms with Crippen molar-refractivity contribution in [2.24, 2.45) is 7.05 Å². The predicted octanol–water partition coefficient (Wildman–Crippen LogP) is 5.27. The number of aromatic nitrogens is 2. The van der Waals surface area contributed by atoms with Crippen molar-refractivity contribution in [3.8, 4) is 0 Å². The highest BCUT2D eigenvalue weighted by Gasteiger charge is 2.09. The second kappa shape index (κ2) is 7.95. The quantitative estimate of drug-likeness (QED) is 0.602. The zero-order chi connectivity index (χ0) is 17.8. The summed E-state index contributed by atoms with van der Waals surface area (Å²) < 4.78 is 1.64. The largest absolute Gasteiger partial charge is 0.305 e. The molecule has 128 valence electrons. The summed E-state index contributed by atoms with van der Waals surface area (Å²) in [6, 6.07) is 14.6. The molecule has 25 heavy (non-hydrogen) atoms. The fourth-order valence-electron chi connectivity index (χ4n) is 2.22. The van der Waals surface area contributed by atoms with E-state index in [0.29, 0.717) is 27.2 Å². The van der Waals surface area contributed by atoms with Gasteiger partial charge < -0.3 is 5.32 Å². The third-order valence-corrected chi connectivity index (χ3v) is 5.24. The molecule has 4 nitrogen and oxygen atoms in total. The lowest BCUT2D eigenvalue weighted by atomic mass is 10.1. The van der Waals surface area contributed by atoms with E-state index < -0.39 is 0 Å². The van der Waals surface area contributed by atoms with Gasteiger partial charge in [0.25, 0.3) is 5.91 Å². The fraction of sp³-hybridized carbons (Fsp3) is 0.111. The Morgan fingerprint density at radius 2 is 2.04 bits per heavy atom. The van der Waals surface area contributed by atoms with Crippen molar-refractivity contribution in [3.63, 3.8) is 0 Å². The maximum atomic E-state index is 12.3. The molecule has 0 unspecified atom stereocenters. The number of hydrogen-bond donors (Lipinski definition) is 1. The molecule has 3 aromatic rings. The van der Waals surface area contributed by atoms with Crippen LogP contribution in [-0.4, -0.2) is 15.7 Å². The molecule has 0 radical (unpaired) electrons. The number of nitrogens with one attached hydrogen (secondary N) is 1. The molecule has 1 N–H and O–H groups in total. The molecule has 0 saturated heterocycles. The number of rotatable bonds is 5. The molecule has 7 heteroatoms. The van der Waals surface area contributed by atoms with Crippen LogP contribution in [0.15, 0.2) is 59.6 Å². The van der Waals surface area contributed by atoms with E-state index >= 15 is 0 Å². The van der Waals surface area contributed by atoms with Gasteiger partial charge in [-0.1, -0.05) is 35.3 Å². The highest BCUT2D eigenvalue weighted by Crippen LogP contribution is 2.32. The highest BCUT2D eigenvalue weighted by molar-refractivity contribution is 7.98. The van der Waals surface area contributed by atoms with E-state index in [4.69, 9.17) is 23.2 Å². The molecule has 1 aromatic heterocycles. The summed E-state index contributed by atoms with van der Waals surface area (Å²) in [7, 11) is 1.80. The molecule has 0 aliphatic heterocycles. The van der Waals surface area contributed by atoms with Crippen LogP contribution in [-0.2, 0) is 12.8 Å². The van der Waals surface area contributed by atoms with Crippen molar-refractivity contribution in [2.75, 3.05) is 5.32 Å². The molecule has 0 aliphatic rings. The van der Waals surface area contributed by atoms with E-state index in [-0.39, 0.29) is 5.91 Å². The molecular formula is C18H15Cl2N3OS. The molecule has 0 saturated carbocycles. The second-order valence-corrected chi connectivity index (χ2v) is 7.25. The van der Waals surface area contributed by atoms with Crippen LogP contribution in [0.3, 0.4) is 0 Å². The van der Waals surface area contributed by atoms with Crippen LogP contribution >= 0.6 is 35.0 Å². The first-order valence-corrected chi connectivity index (χ1v) is 9.23. The first-order chi connectivity index (χ1) is 12.0. The average Bonchev–Trinajstić information content (AvgIpc) is 3.01. The Morgan fingerprint density at radius 1 is 1.20 bits per heavy atom. The van der Waals surface area contributed by atoms with Gasteiger partial charge in [0.05, 0.1) is 5.02 Å². The molecule has 3 rings (SSSR count). The molecular weight excluding hydrogens is 377 g/mol. The van der Waals surface area contributed by atoms with E-state index in [0.717, 1.165) is 10.5 Å². The molecule has 0 bridgehead atoms. The summed E-state index contributed by atoms with van der Waals surface area (Å²) in [5, 5.41) is 8.24. The maximum Gasteiger partial charge on any atom is 0.256 e. The van der Waals surface area contributed by atoms with Gasteiger partial charge >= 0.3 is 0 Å². The first-order valence-electron chi connectivity index (χ1n) is 7.49. The van der Waals surface area contributed by atoms with Gasteiger partial charge in [0.1, 0.15) is 0 Å².